The minimum absolute atomic E-state index is 0.0650. The molecule has 0 fully saturated rings. The van der Waals surface area contributed by atoms with Gasteiger partial charge in [-0.2, -0.15) is 0 Å². The van der Waals surface area contributed by atoms with Crippen LogP contribution in [0.15, 0.2) is 24.3 Å². The molecule has 6 heteroatoms. The highest BCUT2D eigenvalue weighted by molar-refractivity contribution is 6.04. The fourth-order valence-corrected chi connectivity index (χ4v) is 2.04. The van der Waals surface area contributed by atoms with Gasteiger partial charge in [0, 0.05) is 6.42 Å². The predicted molar refractivity (Wildman–Crippen MR) is 81.7 cm³/mol. The third-order valence-electron chi connectivity index (χ3n) is 3.25. The van der Waals surface area contributed by atoms with Crippen LogP contribution < -0.4 is 0 Å². The first-order chi connectivity index (χ1) is 9.99. The van der Waals surface area contributed by atoms with E-state index < -0.39 is 23.1 Å². The zero-order valence-electron chi connectivity index (χ0n) is 13.6. The number of hydrogen-bond donors (Lipinski definition) is 2. The Morgan fingerprint density at radius 1 is 1.14 bits per heavy atom. The van der Waals surface area contributed by atoms with Crippen LogP contribution in [0.5, 0.6) is 5.75 Å². The van der Waals surface area contributed by atoms with Crippen molar-refractivity contribution in [3.05, 3.63) is 29.8 Å². The Hall–Kier alpha value is -2.08. The Labute approximate surface area is 130 Å². The van der Waals surface area contributed by atoms with Crippen LogP contribution >= 0.6 is 0 Å². The number of carboxylic acid groups (broad SMARTS) is 1. The number of likely N-dealkylation sites (N-methyl/N-ethyl adjacent to an activating group) is 1. The molecule has 0 aliphatic heterocycles. The predicted octanol–water partition coefficient (Wildman–Crippen LogP) is 1.66. The molecule has 0 unspecified atom stereocenters. The van der Waals surface area contributed by atoms with Crippen LogP contribution in [0.2, 0.25) is 0 Å². The Morgan fingerprint density at radius 2 is 1.64 bits per heavy atom. The number of carbonyl (C=O) groups excluding carboxylic acids is 1. The van der Waals surface area contributed by atoms with Crippen LogP contribution in [0.4, 0.5) is 0 Å². The summed E-state index contributed by atoms with van der Waals surface area (Å²) in [6.45, 7) is 5.06. The molecule has 1 aromatic rings. The first-order valence-corrected chi connectivity index (χ1v) is 6.91. The minimum Gasteiger partial charge on any atom is -0.508 e. The van der Waals surface area contributed by atoms with Crippen LogP contribution in [0.25, 0.3) is 0 Å². The van der Waals surface area contributed by atoms with Gasteiger partial charge < -0.3 is 14.9 Å². The number of nitrogens with zero attached hydrogens (tertiary/aromatic N) is 1. The maximum Gasteiger partial charge on any atom is 0.339 e. The molecule has 0 spiro atoms. The number of aromatic hydroxyl groups is 1. The zero-order valence-corrected chi connectivity index (χ0v) is 13.6. The Kier molecular flexibility index (Phi) is 5.19. The maximum atomic E-state index is 12.5. The van der Waals surface area contributed by atoms with Crippen molar-refractivity contribution in [2.45, 2.75) is 38.3 Å². The minimum atomic E-state index is -1.83. The van der Waals surface area contributed by atoms with Crippen LogP contribution in [0, 0.1) is 0 Å². The molecule has 1 rings (SSSR count). The largest absolute Gasteiger partial charge is 0.508 e. The number of aliphatic carboxylic acids is 1. The molecule has 0 heterocycles. The normalized spacial score (nSPS) is 14.5. The molecule has 0 radical (unpaired) electrons. The quantitative estimate of drug-likeness (QED) is 0.635. The average molecular weight is 309 g/mol. The second-order valence-corrected chi connectivity index (χ2v) is 6.40. The van der Waals surface area contributed by atoms with E-state index >= 15 is 0 Å². The molecule has 2 N–H and O–H groups in total. The molecule has 22 heavy (non-hydrogen) atoms. The van der Waals surface area contributed by atoms with E-state index in [9.17, 15) is 19.8 Å². The van der Waals surface area contributed by atoms with Crippen molar-refractivity contribution < 1.29 is 24.5 Å². The van der Waals surface area contributed by atoms with E-state index in [1.54, 1.807) is 32.9 Å². The number of rotatable bonds is 5. The van der Waals surface area contributed by atoms with E-state index in [2.05, 4.69) is 0 Å². The Balaban J connectivity index is 3.24. The number of hydrogen-bond acceptors (Lipinski definition) is 5. The fourth-order valence-electron chi connectivity index (χ4n) is 2.04. The lowest BCUT2D eigenvalue weighted by molar-refractivity contribution is -0.177. The third kappa shape index (κ3) is 3.98. The molecule has 0 aliphatic carbocycles. The van der Waals surface area contributed by atoms with Gasteiger partial charge in [0.25, 0.3) is 0 Å². The molecule has 0 saturated carbocycles. The van der Waals surface area contributed by atoms with Crippen LogP contribution in [-0.4, -0.2) is 52.3 Å². The van der Waals surface area contributed by atoms with Crippen molar-refractivity contribution in [1.29, 1.82) is 0 Å². The molecule has 122 valence electrons. The summed E-state index contributed by atoms with van der Waals surface area (Å²) >= 11 is 0. The lowest BCUT2D eigenvalue weighted by Gasteiger charge is -2.36. The smallest absolute Gasteiger partial charge is 0.339 e. The number of benzene rings is 1. The number of phenols is 1. The fraction of sp³-hybridized carbons (Fsp3) is 0.500. The lowest BCUT2D eigenvalue weighted by atomic mass is 9.89. The summed E-state index contributed by atoms with van der Waals surface area (Å²) in [6, 6.07) is 6.07. The van der Waals surface area contributed by atoms with Crippen LogP contribution in [0.1, 0.15) is 26.3 Å². The van der Waals surface area contributed by atoms with Gasteiger partial charge in [-0.25, -0.2) is 9.59 Å². The van der Waals surface area contributed by atoms with E-state index in [1.165, 1.54) is 31.1 Å². The Bertz CT molecular complexity index is 545. The van der Waals surface area contributed by atoms with Gasteiger partial charge >= 0.3 is 11.9 Å². The highest BCUT2D eigenvalue weighted by Crippen LogP contribution is 2.25. The monoisotopic (exact) mass is 309 g/mol. The van der Waals surface area contributed by atoms with E-state index in [4.69, 9.17) is 4.74 Å². The van der Waals surface area contributed by atoms with Crippen LogP contribution in [-0.2, 0) is 20.7 Å². The topological polar surface area (TPSA) is 87.1 Å². The highest BCUT2D eigenvalue weighted by atomic mass is 16.6. The summed E-state index contributed by atoms with van der Waals surface area (Å²) in [5.74, 6) is -2.02. The average Bonchev–Trinajstić information content (AvgIpc) is 2.34. The molecule has 0 bridgehead atoms. The molecule has 1 atom stereocenters. The first kappa shape index (κ1) is 18.0. The zero-order chi connectivity index (χ0) is 17.1. The molecule has 0 aromatic heterocycles. The molecule has 6 nitrogen and oxygen atoms in total. The van der Waals surface area contributed by atoms with Crippen molar-refractivity contribution >= 4 is 11.9 Å². The van der Waals surface area contributed by atoms with Crippen LogP contribution in [0.3, 0.4) is 0 Å². The van der Waals surface area contributed by atoms with Gasteiger partial charge in [-0.05, 0) is 52.6 Å². The van der Waals surface area contributed by atoms with Crippen molar-refractivity contribution in [2.24, 2.45) is 0 Å². The van der Waals surface area contributed by atoms with E-state index in [0.29, 0.717) is 5.56 Å². The van der Waals surface area contributed by atoms with E-state index in [1.807, 2.05) is 0 Å². The molecule has 1 aromatic carbocycles. The number of esters is 1. The van der Waals surface area contributed by atoms with Gasteiger partial charge in [0.1, 0.15) is 11.4 Å². The summed E-state index contributed by atoms with van der Waals surface area (Å²) in [4.78, 5) is 25.8. The molecular weight excluding hydrogens is 286 g/mol. The first-order valence-electron chi connectivity index (χ1n) is 6.91. The molecule has 0 amide bonds. The van der Waals surface area contributed by atoms with Crippen molar-refractivity contribution in [1.82, 2.24) is 4.90 Å². The summed E-state index contributed by atoms with van der Waals surface area (Å²) in [5.41, 5.74) is -2.01. The van der Waals surface area contributed by atoms with Gasteiger partial charge in [-0.3, -0.25) is 4.90 Å². The molecule has 0 aliphatic rings. The van der Waals surface area contributed by atoms with Crippen molar-refractivity contribution in [2.75, 3.05) is 14.1 Å². The number of carboxylic acids is 1. The molecule has 0 saturated heterocycles. The summed E-state index contributed by atoms with van der Waals surface area (Å²) < 4.78 is 5.31. The van der Waals surface area contributed by atoms with Gasteiger partial charge in [0.15, 0.2) is 0 Å². The summed E-state index contributed by atoms with van der Waals surface area (Å²) in [7, 11) is 3.05. The molecular formula is C16H23NO5. The highest BCUT2D eigenvalue weighted by Gasteiger charge is 2.51. The van der Waals surface area contributed by atoms with Gasteiger partial charge in [0.05, 0.1) is 0 Å². The van der Waals surface area contributed by atoms with E-state index in [-0.39, 0.29) is 12.2 Å². The SMILES string of the molecule is CN(C)[C@@](Cc1ccc(O)cc1)(C(=O)O)C(=O)OC(C)(C)C. The Morgan fingerprint density at radius 3 is 2.00 bits per heavy atom. The van der Waals surface area contributed by atoms with Gasteiger partial charge in [-0.15, -0.1) is 0 Å². The second-order valence-electron chi connectivity index (χ2n) is 6.40. The van der Waals surface area contributed by atoms with Crippen molar-refractivity contribution in [3.8, 4) is 5.75 Å². The number of carbonyl (C=O) groups is 2. The maximum absolute atomic E-state index is 12.5. The number of phenolic OH excluding ortho intramolecular Hbond substituents is 1. The lowest BCUT2D eigenvalue weighted by Crippen LogP contribution is -2.60. The number of ether oxygens (including phenoxy) is 1. The summed E-state index contributed by atoms with van der Waals surface area (Å²) in [6.07, 6.45) is -0.0650. The van der Waals surface area contributed by atoms with E-state index in [0.717, 1.165) is 0 Å². The second kappa shape index (κ2) is 6.36. The standard InChI is InChI=1S/C16H23NO5/c1-15(2,3)22-14(21)16(13(19)20,17(4)5)10-11-6-8-12(18)9-7-11/h6-9,18H,10H2,1-5H3,(H,19,20)/t16-/m0/s1. The third-order valence-corrected chi connectivity index (χ3v) is 3.25. The van der Waals surface area contributed by atoms with Gasteiger partial charge in [-0.1, -0.05) is 12.1 Å². The van der Waals surface area contributed by atoms with Crippen molar-refractivity contribution in [3.63, 3.8) is 0 Å². The summed E-state index contributed by atoms with van der Waals surface area (Å²) in [5, 5.41) is 19.0. The van der Waals surface area contributed by atoms with Gasteiger partial charge in [0.2, 0.25) is 5.54 Å².